The molecule has 0 saturated heterocycles. The van der Waals surface area contributed by atoms with Gasteiger partial charge in [0.15, 0.2) is 0 Å². The van der Waals surface area contributed by atoms with Gasteiger partial charge in [-0.2, -0.15) is 5.10 Å². The van der Waals surface area contributed by atoms with Gasteiger partial charge in [0.1, 0.15) is 5.75 Å². The average molecular weight is 242 g/mol. The third-order valence-electron chi connectivity index (χ3n) is 3.59. The zero-order chi connectivity index (χ0) is 12.5. The van der Waals surface area contributed by atoms with Crippen LogP contribution in [0.25, 0.3) is 0 Å². The summed E-state index contributed by atoms with van der Waals surface area (Å²) in [5.74, 6) is 1.05. The molecule has 1 fully saturated rings. The normalized spacial score (nSPS) is 26.8. The first kappa shape index (κ1) is 11.0. The Labute approximate surface area is 105 Å². The number of fused-ring (bicyclic) bond motifs is 1. The van der Waals surface area contributed by atoms with Crippen molar-refractivity contribution >= 4 is 11.6 Å². The van der Waals surface area contributed by atoms with E-state index in [0.29, 0.717) is 17.4 Å². The predicted octanol–water partition coefficient (Wildman–Crippen LogP) is 2.07. The molecule has 2 aliphatic rings. The number of aromatic hydroxyl groups is 1. The average Bonchev–Trinajstić information content (AvgIpc) is 2.72. The van der Waals surface area contributed by atoms with Gasteiger partial charge in [-0.25, -0.2) is 5.43 Å². The second kappa shape index (κ2) is 4.29. The highest BCUT2D eigenvalue weighted by molar-refractivity contribution is 5.98. The van der Waals surface area contributed by atoms with E-state index in [0.717, 1.165) is 18.6 Å². The smallest absolute Gasteiger partial charge is 0.271 e. The molecule has 0 radical (unpaired) electrons. The number of nitrogens with one attached hydrogen (secondary N) is 1. The first-order valence-corrected chi connectivity index (χ1v) is 6.06. The van der Waals surface area contributed by atoms with Crippen molar-refractivity contribution in [2.75, 3.05) is 0 Å². The number of carbonyl (C=O) groups excluding carboxylic acids is 1. The molecular weight excluding hydrogens is 228 g/mol. The van der Waals surface area contributed by atoms with E-state index in [4.69, 9.17) is 5.11 Å². The van der Waals surface area contributed by atoms with E-state index in [1.165, 1.54) is 12.1 Å². The number of nitrogens with zero attached hydrogens (tertiary/aromatic N) is 1. The van der Waals surface area contributed by atoms with Gasteiger partial charge >= 0.3 is 0 Å². The van der Waals surface area contributed by atoms with Crippen molar-refractivity contribution in [1.29, 1.82) is 0 Å². The van der Waals surface area contributed by atoms with Crippen molar-refractivity contribution in [3.05, 3.63) is 42.0 Å². The fourth-order valence-electron chi connectivity index (χ4n) is 2.46. The number of benzene rings is 1. The second-order valence-electron chi connectivity index (χ2n) is 4.73. The van der Waals surface area contributed by atoms with Crippen molar-refractivity contribution in [3.63, 3.8) is 0 Å². The lowest BCUT2D eigenvalue weighted by Gasteiger charge is -2.31. The number of amides is 1. The van der Waals surface area contributed by atoms with Gasteiger partial charge in [-0.05, 0) is 43.0 Å². The lowest BCUT2D eigenvalue weighted by Crippen LogP contribution is -2.35. The molecule has 0 aromatic heterocycles. The number of hydrogen-bond donors (Lipinski definition) is 2. The molecule has 18 heavy (non-hydrogen) atoms. The number of carbonyl (C=O) groups is 1. The summed E-state index contributed by atoms with van der Waals surface area (Å²) in [6, 6.07) is 6.13. The summed E-state index contributed by atoms with van der Waals surface area (Å²) in [7, 11) is 0. The topological polar surface area (TPSA) is 61.7 Å². The molecule has 1 saturated carbocycles. The molecule has 2 unspecified atom stereocenters. The van der Waals surface area contributed by atoms with Crippen molar-refractivity contribution in [1.82, 2.24) is 5.43 Å². The van der Waals surface area contributed by atoms with Crippen LogP contribution in [-0.2, 0) is 0 Å². The third-order valence-corrected chi connectivity index (χ3v) is 3.59. The van der Waals surface area contributed by atoms with E-state index in [9.17, 15) is 4.79 Å². The molecule has 1 aromatic rings. The van der Waals surface area contributed by atoms with E-state index in [2.05, 4.69) is 22.7 Å². The van der Waals surface area contributed by atoms with Gasteiger partial charge in [-0.3, -0.25) is 4.79 Å². The van der Waals surface area contributed by atoms with Crippen LogP contribution in [0.2, 0.25) is 0 Å². The SMILES string of the molecule is O=C(NN=C1CC2C=CCC12)c1ccc(O)cc1. The van der Waals surface area contributed by atoms with Crippen LogP contribution in [0, 0.1) is 11.8 Å². The zero-order valence-electron chi connectivity index (χ0n) is 9.84. The van der Waals surface area contributed by atoms with E-state index >= 15 is 0 Å². The van der Waals surface area contributed by atoms with Crippen LogP contribution < -0.4 is 5.43 Å². The fourth-order valence-corrected chi connectivity index (χ4v) is 2.46. The van der Waals surface area contributed by atoms with E-state index in [1.54, 1.807) is 12.1 Å². The van der Waals surface area contributed by atoms with E-state index in [1.807, 2.05) is 0 Å². The summed E-state index contributed by atoms with van der Waals surface area (Å²) in [5.41, 5.74) is 4.15. The Hall–Kier alpha value is -2.10. The predicted molar refractivity (Wildman–Crippen MR) is 68.4 cm³/mol. The highest BCUT2D eigenvalue weighted by Gasteiger charge is 2.37. The van der Waals surface area contributed by atoms with Crippen molar-refractivity contribution < 1.29 is 9.90 Å². The molecule has 0 spiro atoms. The zero-order valence-corrected chi connectivity index (χ0v) is 9.84. The molecule has 0 bridgehead atoms. The number of phenols is 1. The van der Waals surface area contributed by atoms with Crippen molar-refractivity contribution in [3.8, 4) is 5.75 Å². The summed E-state index contributed by atoms with van der Waals surface area (Å²) >= 11 is 0. The minimum atomic E-state index is -0.239. The highest BCUT2D eigenvalue weighted by Crippen LogP contribution is 2.40. The molecule has 3 rings (SSSR count). The number of hydrogen-bond acceptors (Lipinski definition) is 3. The molecule has 1 aromatic carbocycles. The van der Waals surface area contributed by atoms with Gasteiger partial charge in [0, 0.05) is 17.2 Å². The molecule has 2 N–H and O–H groups in total. The summed E-state index contributed by atoms with van der Waals surface area (Å²) in [4.78, 5) is 11.8. The molecule has 0 heterocycles. The van der Waals surface area contributed by atoms with Crippen LogP contribution in [0.5, 0.6) is 5.75 Å². The van der Waals surface area contributed by atoms with Crippen LogP contribution in [0.1, 0.15) is 23.2 Å². The Morgan fingerprint density at radius 3 is 2.83 bits per heavy atom. The maximum absolute atomic E-state index is 11.8. The third kappa shape index (κ3) is 1.90. The molecule has 2 aliphatic carbocycles. The van der Waals surface area contributed by atoms with Crippen LogP contribution in [-0.4, -0.2) is 16.7 Å². The molecule has 92 valence electrons. The van der Waals surface area contributed by atoms with Crippen LogP contribution in [0.4, 0.5) is 0 Å². The van der Waals surface area contributed by atoms with Crippen LogP contribution in [0.3, 0.4) is 0 Å². The Morgan fingerprint density at radius 1 is 1.33 bits per heavy atom. The second-order valence-corrected chi connectivity index (χ2v) is 4.73. The Kier molecular flexibility index (Phi) is 2.63. The minimum absolute atomic E-state index is 0.150. The van der Waals surface area contributed by atoms with Crippen LogP contribution >= 0.6 is 0 Å². The summed E-state index contributed by atoms with van der Waals surface area (Å²) in [6.07, 6.45) is 6.40. The number of allylic oxidation sites excluding steroid dienone is 2. The van der Waals surface area contributed by atoms with Gasteiger partial charge in [0.05, 0.1) is 0 Å². The largest absolute Gasteiger partial charge is 0.508 e. The Balaban J connectivity index is 1.62. The molecular formula is C14H14N2O2. The first-order chi connectivity index (χ1) is 8.74. The first-order valence-electron chi connectivity index (χ1n) is 6.06. The van der Waals surface area contributed by atoms with E-state index in [-0.39, 0.29) is 11.7 Å². The maximum Gasteiger partial charge on any atom is 0.271 e. The van der Waals surface area contributed by atoms with Gasteiger partial charge in [0.25, 0.3) is 5.91 Å². The molecule has 4 heteroatoms. The van der Waals surface area contributed by atoms with E-state index < -0.39 is 0 Å². The number of rotatable bonds is 2. The standard InChI is InChI=1S/C14H14N2O2/c17-11-6-4-9(5-7-11)14(18)16-15-13-8-10-2-1-3-12(10)13/h1-2,4-7,10,12,17H,3,8H2,(H,16,18). The maximum atomic E-state index is 11.8. The van der Waals surface area contributed by atoms with Gasteiger partial charge in [0.2, 0.25) is 0 Å². The molecule has 0 aliphatic heterocycles. The Bertz CT molecular complexity index is 531. The molecule has 4 nitrogen and oxygen atoms in total. The lowest BCUT2D eigenvalue weighted by atomic mass is 9.74. The minimum Gasteiger partial charge on any atom is -0.508 e. The molecule has 1 amide bonds. The Morgan fingerprint density at radius 2 is 2.11 bits per heavy atom. The number of hydrazone groups is 1. The molecule has 2 atom stereocenters. The summed E-state index contributed by atoms with van der Waals surface area (Å²) < 4.78 is 0. The summed E-state index contributed by atoms with van der Waals surface area (Å²) in [5, 5.41) is 13.3. The number of phenolic OH excluding ortho intramolecular Hbond substituents is 1. The van der Waals surface area contributed by atoms with Crippen molar-refractivity contribution in [2.24, 2.45) is 16.9 Å². The monoisotopic (exact) mass is 242 g/mol. The lowest BCUT2D eigenvalue weighted by molar-refractivity contribution is 0.0954. The highest BCUT2D eigenvalue weighted by atomic mass is 16.3. The summed E-state index contributed by atoms with van der Waals surface area (Å²) in [6.45, 7) is 0. The fraction of sp³-hybridized carbons (Fsp3) is 0.286. The van der Waals surface area contributed by atoms with Crippen LogP contribution in [0.15, 0.2) is 41.5 Å². The van der Waals surface area contributed by atoms with Gasteiger partial charge in [-0.15, -0.1) is 0 Å². The van der Waals surface area contributed by atoms with Gasteiger partial charge in [-0.1, -0.05) is 12.2 Å². The van der Waals surface area contributed by atoms with Gasteiger partial charge < -0.3 is 5.11 Å². The quantitative estimate of drug-likeness (QED) is 0.616. The van der Waals surface area contributed by atoms with Crippen molar-refractivity contribution in [2.45, 2.75) is 12.8 Å².